The highest BCUT2D eigenvalue weighted by atomic mass is 35.5. The zero-order valence-electron chi connectivity index (χ0n) is 14.7. The predicted octanol–water partition coefficient (Wildman–Crippen LogP) is 4.07. The molecule has 4 rings (SSSR count). The van der Waals surface area contributed by atoms with E-state index in [0.29, 0.717) is 15.6 Å². The molecule has 28 heavy (non-hydrogen) atoms. The second kappa shape index (κ2) is 7.08. The number of primary sulfonamides is 1. The number of aryl methyl sites for hydroxylation is 1. The molecule has 5 nitrogen and oxygen atoms in total. The number of nitrogens with two attached hydrogens (primary N) is 1. The largest absolute Gasteiger partial charge is 0.292 e. The normalized spacial score (nSPS) is 11.4. The smallest absolute Gasteiger partial charge is 0.247 e. The Morgan fingerprint density at radius 3 is 2.54 bits per heavy atom. The predicted molar refractivity (Wildman–Crippen MR) is 112 cm³/mol. The molecule has 4 aromatic rings. The maximum atomic E-state index is 11.4. The lowest BCUT2D eigenvalue weighted by molar-refractivity contribution is 0.600. The van der Waals surface area contributed by atoms with Crippen LogP contribution in [0.1, 0.15) is 16.1 Å². The number of benzene rings is 1. The van der Waals surface area contributed by atoms with Crippen LogP contribution < -0.4 is 5.14 Å². The summed E-state index contributed by atoms with van der Waals surface area (Å²) < 4.78 is 24.8. The first-order valence-electron chi connectivity index (χ1n) is 8.19. The Balaban J connectivity index is 1.77. The number of hydrogen-bond donors (Lipinski definition) is 1. The summed E-state index contributed by atoms with van der Waals surface area (Å²) in [7, 11) is -3.71. The van der Waals surface area contributed by atoms with Gasteiger partial charge < -0.3 is 0 Å². The molecule has 3 aromatic heterocycles. The summed E-state index contributed by atoms with van der Waals surface area (Å²) in [4.78, 5) is 5.07. The molecule has 0 atom stereocenters. The average Bonchev–Trinajstić information content (AvgIpc) is 3.27. The Kier molecular flexibility index (Phi) is 4.73. The minimum atomic E-state index is -3.71. The van der Waals surface area contributed by atoms with Crippen LogP contribution in [-0.2, 0) is 10.0 Å². The van der Waals surface area contributed by atoms with Crippen molar-refractivity contribution in [1.82, 2.24) is 9.38 Å². The summed E-state index contributed by atoms with van der Waals surface area (Å²) in [6.07, 6.45) is 3.68. The minimum Gasteiger partial charge on any atom is -0.292 e. The van der Waals surface area contributed by atoms with Gasteiger partial charge in [0, 0.05) is 11.2 Å². The van der Waals surface area contributed by atoms with Gasteiger partial charge in [0.05, 0.1) is 11.1 Å². The fraction of sp³-hybridized carbons (Fsp3) is 0.0500. The number of rotatable bonds is 2. The van der Waals surface area contributed by atoms with E-state index in [1.807, 2.05) is 41.8 Å². The molecule has 0 aliphatic heterocycles. The molecule has 0 radical (unpaired) electrons. The third-order valence-electron chi connectivity index (χ3n) is 4.14. The highest BCUT2D eigenvalue weighted by molar-refractivity contribution is 7.91. The van der Waals surface area contributed by atoms with Crippen LogP contribution in [0.2, 0.25) is 5.02 Å². The highest BCUT2D eigenvalue weighted by Crippen LogP contribution is 2.25. The molecule has 0 unspecified atom stereocenters. The van der Waals surface area contributed by atoms with Crippen molar-refractivity contribution in [3.8, 4) is 23.0 Å². The first-order valence-corrected chi connectivity index (χ1v) is 10.9. The monoisotopic (exact) mass is 427 g/mol. The summed E-state index contributed by atoms with van der Waals surface area (Å²) in [5.41, 5.74) is 4.61. The molecule has 0 fully saturated rings. The summed E-state index contributed by atoms with van der Waals surface area (Å²) in [5, 5.41) is 5.83. The van der Waals surface area contributed by atoms with Gasteiger partial charge >= 0.3 is 0 Å². The lowest BCUT2D eigenvalue weighted by Crippen LogP contribution is -2.09. The number of thiophene rings is 1. The number of imidazole rings is 1. The number of pyridine rings is 1. The van der Waals surface area contributed by atoms with Gasteiger partial charge in [-0.15, -0.1) is 11.3 Å². The van der Waals surface area contributed by atoms with E-state index in [0.717, 1.165) is 33.7 Å². The zero-order chi connectivity index (χ0) is 19.9. The Labute approximate surface area is 171 Å². The standard InChI is InChI=1S/C20H14ClN3O2S2/c1-13-10-15(14-2-4-16(21)5-3-14)12-24-17(11-23-20(13)24)6-7-18-8-9-19(27-18)28(22,25)26/h2-5,8-12H,1H3,(H2,22,25,26). The van der Waals surface area contributed by atoms with E-state index in [1.54, 1.807) is 12.3 Å². The maximum Gasteiger partial charge on any atom is 0.247 e. The van der Waals surface area contributed by atoms with E-state index in [1.165, 1.54) is 6.07 Å². The molecule has 0 spiro atoms. The van der Waals surface area contributed by atoms with Crippen LogP contribution in [-0.4, -0.2) is 17.8 Å². The van der Waals surface area contributed by atoms with E-state index in [2.05, 4.69) is 22.9 Å². The molecular weight excluding hydrogens is 414 g/mol. The van der Waals surface area contributed by atoms with Crippen LogP contribution in [0.4, 0.5) is 0 Å². The summed E-state index contributed by atoms with van der Waals surface area (Å²) in [5.74, 6) is 6.06. The first kappa shape index (κ1) is 18.7. The zero-order valence-corrected chi connectivity index (χ0v) is 17.1. The highest BCUT2D eigenvalue weighted by Gasteiger charge is 2.11. The van der Waals surface area contributed by atoms with Crippen molar-refractivity contribution >= 4 is 38.6 Å². The van der Waals surface area contributed by atoms with E-state index in [9.17, 15) is 8.42 Å². The van der Waals surface area contributed by atoms with Crippen molar-refractivity contribution < 1.29 is 8.42 Å². The molecule has 8 heteroatoms. The Hall–Kier alpha value is -2.63. The van der Waals surface area contributed by atoms with Crippen LogP contribution in [0, 0.1) is 18.8 Å². The molecule has 0 amide bonds. The molecule has 2 N–H and O–H groups in total. The van der Waals surface area contributed by atoms with Crippen LogP contribution in [0.25, 0.3) is 16.8 Å². The van der Waals surface area contributed by atoms with Gasteiger partial charge in [0.1, 0.15) is 15.6 Å². The van der Waals surface area contributed by atoms with Crippen LogP contribution >= 0.6 is 22.9 Å². The average molecular weight is 428 g/mol. The van der Waals surface area contributed by atoms with Gasteiger partial charge in [-0.25, -0.2) is 18.5 Å². The Morgan fingerprint density at radius 1 is 1.11 bits per heavy atom. The van der Waals surface area contributed by atoms with Crippen LogP contribution in [0.3, 0.4) is 0 Å². The molecule has 0 saturated heterocycles. The SMILES string of the molecule is Cc1cc(-c2ccc(Cl)cc2)cn2c(C#Cc3ccc(S(N)(=O)=O)s3)cnc12. The number of hydrogen-bond acceptors (Lipinski definition) is 4. The third-order valence-corrected chi connectivity index (χ3v) is 6.83. The number of aromatic nitrogens is 2. The van der Waals surface area contributed by atoms with Crippen LogP contribution in [0.15, 0.2) is 59.1 Å². The molecule has 140 valence electrons. The second-order valence-electron chi connectivity index (χ2n) is 6.17. The second-order valence-corrected chi connectivity index (χ2v) is 9.48. The fourth-order valence-corrected chi connectivity index (χ4v) is 4.52. The van der Waals surface area contributed by atoms with Crippen molar-refractivity contribution in [2.45, 2.75) is 11.1 Å². The molecular formula is C20H14ClN3O2S2. The first-order chi connectivity index (χ1) is 13.3. The molecule has 0 bridgehead atoms. The van der Waals surface area contributed by atoms with Gasteiger partial charge in [0.2, 0.25) is 10.0 Å². The number of fused-ring (bicyclic) bond motifs is 1. The quantitative estimate of drug-likeness (QED) is 0.490. The number of sulfonamides is 1. The van der Waals surface area contributed by atoms with Gasteiger partial charge in [-0.2, -0.15) is 0 Å². The van der Waals surface area contributed by atoms with Crippen molar-refractivity contribution in [2.75, 3.05) is 0 Å². The number of halogens is 1. The topological polar surface area (TPSA) is 77.5 Å². The molecule has 0 aliphatic rings. The maximum absolute atomic E-state index is 11.4. The van der Waals surface area contributed by atoms with Crippen molar-refractivity contribution in [3.05, 3.63) is 76.0 Å². The summed E-state index contributed by atoms with van der Waals surface area (Å²) in [6, 6.07) is 12.8. The fourth-order valence-electron chi connectivity index (χ4n) is 2.82. The lowest BCUT2D eigenvalue weighted by atomic mass is 10.1. The molecule has 1 aromatic carbocycles. The van der Waals surface area contributed by atoms with E-state index < -0.39 is 10.0 Å². The van der Waals surface area contributed by atoms with Gasteiger partial charge in [-0.1, -0.05) is 23.7 Å². The van der Waals surface area contributed by atoms with Gasteiger partial charge in [-0.3, -0.25) is 4.40 Å². The van der Waals surface area contributed by atoms with Gasteiger partial charge in [0.15, 0.2) is 0 Å². The van der Waals surface area contributed by atoms with E-state index in [-0.39, 0.29) is 4.21 Å². The Morgan fingerprint density at radius 2 is 1.86 bits per heavy atom. The molecule has 3 heterocycles. The van der Waals surface area contributed by atoms with Crippen molar-refractivity contribution in [1.29, 1.82) is 0 Å². The van der Waals surface area contributed by atoms with E-state index >= 15 is 0 Å². The minimum absolute atomic E-state index is 0.0933. The molecule has 0 aliphatic carbocycles. The van der Waals surface area contributed by atoms with Crippen molar-refractivity contribution in [2.24, 2.45) is 5.14 Å². The number of nitrogens with zero attached hydrogens (tertiary/aromatic N) is 2. The van der Waals surface area contributed by atoms with E-state index in [4.69, 9.17) is 16.7 Å². The summed E-state index contributed by atoms with van der Waals surface area (Å²) in [6.45, 7) is 2.00. The molecule has 0 saturated carbocycles. The summed E-state index contributed by atoms with van der Waals surface area (Å²) >= 11 is 7.03. The Bertz CT molecular complexity index is 1360. The lowest BCUT2D eigenvalue weighted by Gasteiger charge is -2.06. The van der Waals surface area contributed by atoms with Gasteiger partial charge in [-0.05, 0) is 65.8 Å². The van der Waals surface area contributed by atoms with Crippen LogP contribution in [0.5, 0.6) is 0 Å². The van der Waals surface area contributed by atoms with Gasteiger partial charge in [0.25, 0.3) is 0 Å². The van der Waals surface area contributed by atoms with Crippen molar-refractivity contribution in [3.63, 3.8) is 0 Å². The third kappa shape index (κ3) is 3.68.